The fourth-order valence-corrected chi connectivity index (χ4v) is 4.62. The Balaban J connectivity index is 0.987. The lowest BCUT2D eigenvalue weighted by molar-refractivity contribution is -0.274. The van der Waals surface area contributed by atoms with Crippen LogP contribution in [0.15, 0.2) is 59.3 Å². The topological polar surface area (TPSA) is 134 Å². The van der Waals surface area contributed by atoms with Gasteiger partial charge in [-0.25, -0.2) is 0 Å². The van der Waals surface area contributed by atoms with E-state index in [-0.39, 0.29) is 43.3 Å². The zero-order valence-corrected chi connectivity index (χ0v) is 23.8. The van der Waals surface area contributed by atoms with Crippen molar-refractivity contribution in [3.05, 3.63) is 71.3 Å². The van der Waals surface area contributed by atoms with Crippen LogP contribution in [0.3, 0.4) is 0 Å². The summed E-state index contributed by atoms with van der Waals surface area (Å²) >= 11 is 0. The van der Waals surface area contributed by atoms with Crippen LogP contribution in [0.2, 0.25) is 0 Å². The number of nitrogens with one attached hydrogen (secondary N) is 2. The summed E-state index contributed by atoms with van der Waals surface area (Å²) in [4.78, 5) is 16.3. The van der Waals surface area contributed by atoms with Crippen LogP contribution in [0.4, 0.5) is 26.3 Å². The number of carbonyl (C=O) groups excluding carboxylic acids is 1. The molecule has 12 nitrogen and oxygen atoms in total. The molecular formula is C27H29F6N9O3. The number of pyridine rings is 1. The van der Waals surface area contributed by atoms with Crippen molar-refractivity contribution < 1.29 is 40.6 Å². The van der Waals surface area contributed by atoms with Crippen LogP contribution in [0.5, 0.6) is 5.75 Å². The molecule has 0 spiro atoms. The standard InChI is InChI=1S/C27H29F6N9O3/c1-25(24(43)36-13-18-9-19(14-34-11-18)26(28,29)30)16-42(40-38-25)8-3-2-7-41-15-21(37-39-41)22-23(44-22)35-12-17-5-4-6-20(10-17)45-27(31,32)33/h4-6,9-11,14-15,22-23,35H,2-3,7-8,12-13,16H2,1H3,(H,36,43). The van der Waals surface area contributed by atoms with Crippen molar-refractivity contribution in [3.63, 3.8) is 0 Å². The molecule has 45 heavy (non-hydrogen) atoms. The number of benzene rings is 1. The van der Waals surface area contributed by atoms with E-state index in [1.807, 2.05) is 0 Å². The molecule has 1 fully saturated rings. The second-order valence-electron chi connectivity index (χ2n) is 10.8. The minimum atomic E-state index is -4.76. The van der Waals surface area contributed by atoms with E-state index in [2.05, 4.69) is 41.0 Å². The van der Waals surface area contributed by atoms with Crippen LogP contribution in [0.1, 0.15) is 48.3 Å². The first-order chi connectivity index (χ1) is 21.3. The van der Waals surface area contributed by atoms with Gasteiger partial charge in [0.1, 0.15) is 23.8 Å². The van der Waals surface area contributed by atoms with Gasteiger partial charge in [0.05, 0.1) is 18.3 Å². The first-order valence-electron chi connectivity index (χ1n) is 13.9. The lowest BCUT2D eigenvalue weighted by Crippen LogP contribution is -2.46. The minimum Gasteiger partial charge on any atom is -0.406 e. The molecular weight excluding hydrogens is 612 g/mol. The van der Waals surface area contributed by atoms with Crippen LogP contribution in [-0.2, 0) is 35.3 Å². The molecule has 0 aliphatic carbocycles. The molecule has 2 N–H and O–H groups in total. The fraction of sp³-hybridized carbons (Fsp3) is 0.481. The van der Waals surface area contributed by atoms with E-state index in [1.165, 1.54) is 24.4 Å². The molecule has 0 saturated carbocycles. The van der Waals surface area contributed by atoms with E-state index >= 15 is 0 Å². The van der Waals surface area contributed by atoms with Gasteiger partial charge in [-0.2, -0.15) is 18.3 Å². The molecule has 3 aromatic rings. The average molecular weight is 642 g/mol. The number of halogens is 6. The highest BCUT2D eigenvalue weighted by molar-refractivity contribution is 5.86. The number of alkyl halides is 6. The van der Waals surface area contributed by atoms with Gasteiger partial charge in [-0.05, 0) is 49.1 Å². The Morgan fingerprint density at radius 3 is 2.67 bits per heavy atom. The third kappa shape index (κ3) is 8.87. The Labute approximate surface area is 252 Å². The minimum absolute atomic E-state index is 0.127. The molecule has 3 atom stereocenters. The number of ether oxygens (including phenoxy) is 2. The van der Waals surface area contributed by atoms with Gasteiger partial charge in [0.2, 0.25) is 0 Å². The van der Waals surface area contributed by atoms with Gasteiger partial charge >= 0.3 is 12.5 Å². The molecule has 1 saturated heterocycles. The number of unbranched alkanes of at least 4 members (excludes halogenated alkanes) is 1. The fourth-order valence-electron chi connectivity index (χ4n) is 4.62. The summed E-state index contributed by atoms with van der Waals surface area (Å²) in [6.45, 7) is 3.06. The van der Waals surface area contributed by atoms with E-state index in [9.17, 15) is 31.1 Å². The smallest absolute Gasteiger partial charge is 0.406 e. The summed E-state index contributed by atoms with van der Waals surface area (Å²) < 4.78 is 87.3. The van der Waals surface area contributed by atoms with Gasteiger partial charge in [-0.1, -0.05) is 22.6 Å². The summed E-state index contributed by atoms with van der Waals surface area (Å²) in [7, 11) is 0. The van der Waals surface area contributed by atoms with Crippen LogP contribution in [0, 0.1) is 0 Å². The lowest BCUT2D eigenvalue weighted by atomic mass is 10.0. The second-order valence-corrected chi connectivity index (χ2v) is 10.8. The summed E-state index contributed by atoms with van der Waals surface area (Å²) in [5.41, 5.74) is -0.630. The van der Waals surface area contributed by atoms with Crippen LogP contribution < -0.4 is 15.4 Å². The highest BCUT2D eigenvalue weighted by Gasteiger charge is 2.42. The molecule has 2 aliphatic rings. The van der Waals surface area contributed by atoms with Crippen molar-refractivity contribution >= 4 is 5.91 Å². The third-order valence-electron chi connectivity index (χ3n) is 6.98. The Hall–Kier alpha value is -4.32. The Kier molecular flexibility index (Phi) is 9.24. The molecule has 3 unspecified atom stereocenters. The third-order valence-corrected chi connectivity index (χ3v) is 6.98. The van der Waals surface area contributed by atoms with Gasteiger partial charge < -0.3 is 14.8 Å². The van der Waals surface area contributed by atoms with Crippen LogP contribution >= 0.6 is 0 Å². The first-order valence-corrected chi connectivity index (χ1v) is 13.9. The zero-order valence-electron chi connectivity index (χ0n) is 23.8. The van der Waals surface area contributed by atoms with E-state index in [0.717, 1.165) is 18.7 Å². The number of amides is 1. The van der Waals surface area contributed by atoms with Crippen molar-refractivity contribution in [2.45, 2.75) is 69.8 Å². The van der Waals surface area contributed by atoms with Gasteiger partial charge in [0.25, 0.3) is 5.91 Å². The van der Waals surface area contributed by atoms with Crippen molar-refractivity contribution in [2.24, 2.45) is 10.3 Å². The summed E-state index contributed by atoms with van der Waals surface area (Å²) in [5.74, 6) is -0.754. The Morgan fingerprint density at radius 2 is 1.89 bits per heavy atom. The summed E-state index contributed by atoms with van der Waals surface area (Å²) in [5, 5.41) is 23.8. The monoisotopic (exact) mass is 641 g/mol. The second kappa shape index (κ2) is 13.0. The number of epoxide rings is 1. The van der Waals surface area contributed by atoms with E-state index in [1.54, 1.807) is 28.9 Å². The molecule has 1 amide bonds. The number of hydrogen-bond donors (Lipinski definition) is 2. The van der Waals surface area contributed by atoms with Crippen LogP contribution in [0.25, 0.3) is 0 Å². The molecule has 4 heterocycles. The molecule has 0 bridgehead atoms. The highest BCUT2D eigenvalue weighted by Crippen LogP contribution is 2.36. The lowest BCUT2D eigenvalue weighted by Gasteiger charge is -2.20. The molecule has 2 aromatic heterocycles. The number of aromatic nitrogens is 4. The Bertz CT molecular complexity index is 1520. The molecule has 242 valence electrons. The average Bonchev–Trinajstić information content (AvgIpc) is 3.41. The molecule has 0 radical (unpaired) electrons. The van der Waals surface area contributed by atoms with Crippen LogP contribution in [-0.4, -0.2) is 62.1 Å². The number of carbonyl (C=O) groups is 1. The maximum absolute atomic E-state index is 12.9. The normalized spacial score (nSPS) is 21.3. The maximum Gasteiger partial charge on any atom is 0.573 e. The predicted octanol–water partition coefficient (Wildman–Crippen LogP) is 4.32. The first kappa shape index (κ1) is 32.1. The van der Waals surface area contributed by atoms with E-state index < -0.39 is 29.5 Å². The Morgan fingerprint density at radius 1 is 1.09 bits per heavy atom. The van der Waals surface area contributed by atoms with Crippen molar-refractivity contribution in [1.82, 2.24) is 35.6 Å². The predicted molar refractivity (Wildman–Crippen MR) is 143 cm³/mol. The zero-order chi connectivity index (χ0) is 32.2. The number of rotatable bonds is 13. The van der Waals surface area contributed by atoms with Gasteiger partial charge in [0.15, 0.2) is 5.54 Å². The van der Waals surface area contributed by atoms with E-state index in [4.69, 9.17) is 4.74 Å². The number of hydrogen-bond acceptors (Lipinski definition) is 10. The van der Waals surface area contributed by atoms with Crippen molar-refractivity contribution in [1.29, 1.82) is 0 Å². The molecule has 18 heteroatoms. The maximum atomic E-state index is 12.9. The quantitative estimate of drug-likeness (QED) is 0.160. The van der Waals surface area contributed by atoms with Gasteiger partial charge in [-0.3, -0.25) is 24.8 Å². The highest BCUT2D eigenvalue weighted by atomic mass is 19.4. The molecule has 5 rings (SSSR count). The molecule has 1 aromatic carbocycles. The van der Waals surface area contributed by atoms with E-state index in [0.29, 0.717) is 30.8 Å². The van der Waals surface area contributed by atoms with Gasteiger partial charge in [0, 0.05) is 38.6 Å². The summed E-state index contributed by atoms with van der Waals surface area (Å²) in [6, 6.07) is 6.61. The van der Waals surface area contributed by atoms with Crippen molar-refractivity contribution in [3.8, 4) is 5.75 Å². The SMILES string of the molecule is CC1(C(=O)NCc2cncc(C(F)(F)F)c2)CN(CCCCn2cc(C3OC3NCc3cccc(OC(F)(F)F)c3)nn2)N=N1. The number of nitrogens with zero attached hydrogens (tertiary/aromatic N) is 7. The molecule has 2 aliphatic heterocycles. The number of aryl methyl sites for hydroxylation is 1. The van der Waals surface area contributed by atoms with Crippen molar-refractivity contribution in [2.75, 3.05) is 13.1 Å². The summed E-state index contributed by atoms with van der Waals surface area (Å²) in [6.07, 6.45) is -4.78. The largest absolute Gasteiger partial charge is 0.573 e. The van der Waals surface area contributed by atoms with Gasteiger partial charge in [-0.15, -0.1) is 18.3 Å².